The first-order chi connectivity index (χ1) is 10.3. The highest BCUT2D eigenvalue weighted by molar-refractivity contribution is 5.99. The van der Waals surface area contributed by atoms with Crippen LogP contribution in [0.2, 0.25) is 0 Å². The second-order valence-corrected chi connectivity index (χ2v) is 5.56. The molecule has 0 bridgehead atoms. The third-order valence-electron chi connectivity index (χ3n) is 4.22. The van der Waals surface area contributed by atoms with Crippen LogP contribution in [0.4, 0.5) is 5.69 Å². The minimum atomic E-state index is -0.792. The van der Waals surface area contributed by atoms with Crippen molar-refractivity contribution in [2.24, 2.45) is 18.7 Å². The van der Waals surface area contributed by atoms with Crippen LogP contribution in [0.3, 0.4) is 0 Å². The Hall–Kier alpha value is -2.15. The van der Waals surface area contributed by atoms with Gasteiger partial charge in [0.2, 0.25) is 5.91 Å². The third-order valence-corrected chi connectivity index (χ3v) is 4.22. The lowest BCUT2D eigenvalue weighted by Crippen LogP contribution is -2.34. The Morgan fingerprint density at radius 1 is 1.27 bits per heavy atom. The van der Waals surface area contributed by atoms with Crippen molar-refractivity contribution in [3.05, 3.63) is 27.2 Å². The van der Waals surface area contributed by atoms with E-state index in [2.05, 4.69) is 5.32 Å². The Kier molecular flexibility index (Phi) is 4.65. The number of hydrogen-bond acceptors (Lipinski definition) is 4. The molecule has 0 saturated carbocycles. The maximum absolute atomic E-state index is 12.4. The number of amides is 2. The Labute approximate surface area is 128 Å². The van der Waals surface area contributed by atoms with Crippen LogP contribution in [-0.2, 0) is 16.6 Å². The van der Waals surface area contributed by atoms with Gasteiger partial charge in [-0.05, 0) is 32.3 Å². The van der Waals surface area contributed by atoms with E-state index < -0.39 is 11.5 Å². The molecule has 7 heteroatoms. The molecular weight excluding hydrogens is 286 g/mol. The molecule has 1 aliphatic rings. The van der Waals surface area contributed by atoms with Gasteiger partial charge in [-0.3, -0.25) is 14.4 Å². The normalized spacial score (nSPS) is 15.6. The van der Waals surface area contributed by atoms with Crippen LogP contribution in [0.25, 0.3) is 0 Å². The number of rotatable bonds is 3. The zero-order valence-electron chi connectivity index (χ0n) is 13.1. The fourth-order valence-electron chi connectivity index (χ4n) is 2.70. The largest absolute Gasteiger partial charge is 0.381 e. The zero-order valence-corrected chi connectivity index (χ0v) is 13.1. The summed E-state index contributed by atoms with van der Waals surface area (Å²) in [7, 11) is 1.55. The van der Waals surface area contributed by atoms with Gasteiger partial charge in [0, 0.05) is 31.9 Å². The molecule has 120 valence electrons. The molecule has 3 N–H and O–H groups in total. The molecule has 2 heterocycles. The van der Waals surface area contributed by atoms with Crippen molar-refractivity contribution in [1.82, 2.24) is 4.57 Å². The molecule has 0 radical (unpaired) electrons. The summed E-state index contributed by atoms with van der Waals surface area (Å²) in [6, 6.07) is 0. The fourth-order valence-corrected chi connectivity index (χ4v) is 2.70. The van der Waals surface area contributed by atoms with E-state index in [-0.39, 0.29) is 17.4 Å². The summed E-state index contributed by atoms with van der Waals surface area (Å²) < 4.78 is 6.57. The van der Waals surface area contributed by atoms with Gasteiger partial charge >= 0.3 is 0 Å². The molecule has 7 nitrogen and oxygen atoms in total. The van der Waals surface area contributed by atoms with Gasteiger partial charge in [-0.15, -0.1) is 0 Å². The minimum Gasteiger partial charge on any atom is -0.381 e. The van der Waals surface area contributed by atoms with E-state index in [1.165, 1.54) is 4.57 Å². The summed E-state index contributed by atoms with van der Waals surface area (Å²) in [6.07, 6.45) is 1.33. The maximum Gasteiger partial charge on any atom is 0.263 e. The number of anilines is 1. The highest BCUT2D eigenvalue weighted by atomic mass is 16.5. The van der Waals surface area contributed by atoms with Crippen LogP contribution in [0.15, 0.2) is 4.79 Å². The molecule has 0 spiro atoms. The molecule has 1 aromatic rings. The van der Waals surface area contributed by atoms with Crippen molar-refractivity contribution in [3.8, 4) is 0 Å². The first-order valence-corrected chi connectivity index (χ1v) is 7.23. The summed E-state index contributed by atoms with van der Waals surface area (Å²) in [5.74, 6) is -1.04. The van der Waals surface area contributed by atoms with Crippen molar-refractivity contribution in [3.63, 3.8) is 0 Å². The van der Waals surface area contributed by atoms with Gasteiger partial charge in [0.05, 0.1) is 5.69 Å². The first-order valence-electron chi connectivity index (χ1n) is 7.23. The van der Waals surface area contributed by atoms with E-state index >= 15 is 0 Å². The second kappa shape index (κ2) is 6.31. The summed E-state index contributed by atoms with van der Waals surface area (Å²) >= 11 is 0. The highest BCUT2D eigenvalue weighted by Gasteiger charge is 2.25. The molecule has 0 aromatic carbocycles. The molecule has 2 amide bonds. The molecule has 0 aliphatic carbocycles. The smallest absolute Gasteiger partial charge is 0.263 e. The number of hydrogen-bond donors (Lipinski definition) is 2. The average Bonchev–Trinajstić information content (AvgIpc) is 2.50. The number of carbonyl (C=O) groups excluding carboxylic acids is 2. The molecular formula is C15H21N3O4. The van der Waals surface area contributed by atoms with E-state index in [1.54, 1.807) is 20.9 Å². The predicted molar refractivity (Wildman–Crippen MR) is 81.8 cm³/mol. The van der Waals surface area contributed by atoms with Crippen LogP contribution in [0, 0.1) is 19.8 Å². The lowest BCUT2D eigenvalue weighted by molar-refractivity contribution is -0.122. The number of nitrogens with zero attached hydrogens (tertiary/aromatic N) is 1. The molecule has 1 saturated heterocycles. The highest BCUT2D eigenvalue weighted by Crippen LogP contribution is 2.23. The van der Waals surface area contributed by atoms with Crippen LogP contribution in [0.1, 0.15) is 34.5 Å². The third kappa shape index (κ3) is 2.89. The van der Waals surface area contributed by atoms with Crippen molar-refractivity contribution >= 4 is 17.5 Å². The van der Waals surface area contributed by atoms with Gasteiger partial charge in [0.25, 0.3) is 11.5 Å². The summed E-state index contributed by atoms with van der Waals surface area (Å²) in [6.45, 7) is 4.47. The Morgan fingerprint density at radius 3 is 2.41 bits per heavy atom. The predicted octanol–water partition coefficient (Wildman–Crippen LogP) is 0.466. The minimum absolute atomic E-state index is 0.0876. The topological polar surface area (TPSA) is 103 Å². The maximum atomic E-state index is 12.4. The molecule has 1 aliphatic heterocycles. The van der Waals surface area contributed by atoms with Crippen molar-refractivity contribution < 1.29 is 14.3 Å². The fraction of sp³-hybridized carbons (Fsp3) is 0.533. The van der Waals surface area contributed by atoms with Crippen molar-refractivity contribution in [2.75, 3.05) is 18.5 Å². The number of nitrogens with two attached hydrogens (primary N) is 1. The lowest BCUT2D eigenvalue weighted by Gasteiger charge is -2.23. The molecule has 1 fully saturated rings. The number of nitrogens with one attached hydrogen (secondary N) is 1. The zero-order chi connectivity index (χ0) is 16.4. The Morgan fingerprint density at radius 2 is 1.86 bits per heavy atom. The van der Waals surface area contributed by atoms with E-state index in [0.29, 0.717) is 43.0 Å². The standard InChI is InChI=1S/C15H21N3O4/c1-8-11(13(16)19)15(21)18(3)9(2)12(8)17-14(20)10-4-6-22-7-5-10/h10H,4-7H2,1-3H3,(H2,16,19)(H,17,20). The number of primary amides is 1. The monoisotopic (exact) mass is 307 g/mol. The lowest BCUT2D eigenvalue weighted by atomic mass is 9.98. The van der Waals surface area contributed by atoms with E-state index in [1.807, 2.05) is 0 Å². The summed E-state index contributed by atoms with van der Waals surface area (Å²) in [4.78, 5) is 36.0. The van der Waals surface area contributed by atoms with Gasteiger partial charge in [-0.1, -0.05) is 0 Å². The van der Waals surface area contributed by atoms with E-state index in [4.69, 9.17) is 10.5 Å². The van der Waals surface area contributed by atoms with E-state index in [9.17, 15) is 14.4 Å². The Balaban J connectivity index is 2.40. The van der Waals surface area contributed by atoms with Crippen LogP contribution in [-0.4, -0.2) is 29.6 Å². The van der Waals surface area contributed by atoms with Crippen molar-refractivity contribution in [1.29, 1.82) is 0 Å². The number of carbonyl (C=O) groups is 2. The molecule has 2 rings (SSSR count). The summed E-state index contributed by atoms with van der Waals surface area (Å²) in [5, 5.41) is 2.85. The van der Waals surface area contributed by atoms with Crippen molar-refractivity contribution in [2.45, 2.75) is 26.7 Å². The van der Waals surface area contributed by atoms with Crippen LogP contribution >= 0.6 is 0 Å². The van der Waals surface area contributed by atoms with Gasteiger partial charge < -0.3 is 20.4 Å². The number of pyridine rings is 1. The van der Waals surface area contributed by atoms with Gasteiger partial charge in [0.15, 0.2) is 0 Å². The van der Waals surface area contributed by atoms with Gasteiger partial charge in [0.1, 0.15) is 5.56 Å². The average molecular weight is 307 g/mol. The number of aromatic nitrogens is 1. The van der Waals surface area contributed by atoms with Gasteiger partial charge in [-0.2, -0.15) is 0 Å². The SMILES string of the molecule is Cc1c(NC(=O)C2CCOCC2)c(C)n(C)c(=O)c1C(N)=O. The Bertz CT molecular complexity index is 672. The quantitative estimate of drug-likeness (QED) is 0.847. The van der Waals surface area contributed by atoms with Crippen LogP contribution in [0.5, 0.6) is 0 Å². The molecule has 0 unspecified atom stereocenters. The molecule has 1 aromatic heterocycles. The van der Waals surface area contributed by atoms with Gasteiger partial charge in [-0.25, -0.2) is 0 Å². The van der Waals surface area contributed by atoms with E-state index in [0.717, 1.165) is 0 Å². The van der Waals surface area contributed by atoms with Crippen LogP contribution < -0.4 is 16.6 Å². The first kappa shape index (κ1) is 16.2. The summed E-state index contributed by atoms with van der Waals surface area (Å²) in [5.41, 5.74) is 6.24. The molecule has 0 atom stereocenters. The molecule has 22 heavy (non-hydrogen) atoms. The second-order valence-electron chi connectivity index (χ2n) is 5.56. The number of ether oxygens (including phenoxy) is 1.